The van der Waals surface area contributed by atoms with Gasteiger partial charge >= 0.3 is 12.1 Å². The number of piperidine rings is 1. The number of amides is 1. The topological polar surface area (TPSA) is 165 Å². The van der Waals surface area contributed by atoms with E-state index in [-0.39, 0.29) is 47.8 Å². The number of benzene rings is 1. The molecular formula is C30H39N7O7. The molecule has 5 rings (SSSR count). The molecule has 3 aromatic rings. The third-order valence-corrected chi connectivity index (χ3v) is 7.24. The van der Waals surface area contributed by atoms with Gasteiger partial charge in [0.25, 0.3) is 5.89 Å². The largest absolute Gasteiger partial charge is 0.481 e. The van der Waals surface area contributed by atoms with Crippen LogP contribution in [0.2, 0.25) is 0 Å². The number of anilines is 2. The first-order chi connectivity index (χ1) is 20.7. The average molecular weight is 610 g/mol. The molecule has 3 atom stereocenters. The van der Waals surface area contributed by atoms with Crippen LogP contribution in [0.3, 0.4) is 0 Å². The molecule has 2 aliphatic rings. The molecule has 0 radical (unpaired) electrons. The predicted octanol–water partition coefficient (Wildman–Crippen LogP) is 4.44. The number of carbonyl (C=O) groups excluding carboxylic acids is 1. The van der Waals surface area contributed by atoms with Gasteiger partial charge in [-0.15, -0.1) is 10.2 Å². The maximum Gasteiger partial charge on any atom is 0.410 e. The van der Waals surface area contributed by atoms with Crippen LogP contribution in [0.15, 0.2) is 34.9 Å². The van der Waals surface area contributed by atoms with Gasteiger partial charge in [-0.3, -0.25) is 4.79 Å². The molecule has 1 amide bonds. The van der Waals surface area contributed by atoms with Crippen molar-refractivity contribution in [2.75, 3.05) is 37.3 Å². The molecular weight excluding hydrogens is 570 g/mol. The fraction of sp³-hybridized carbons (Fsp3) is 0.533. The van der Waals surface area contributed by atoms with Crippen LogP contribution in [0, 0.1) is 17.8 Å². The van der Waals surface area contributed by atoms with E-state index in [9.17, 15) is 14.7 Å². The normalized spacial score (nSPS) is 19.4. The number of rotatable bonds is 10. The fourth-order valence-corrected chi connectivity index (χ4v) is 5.01. The Labute approximate surface area is 255 Å². The number of hydrogen-bond acceptors (Lipinski definition) is 12. The third kappa shape index (κ3) is 7.42. The van der Waals surface area contributed by atoms with E-state index < -0.39 is 23.3 Å². The SMILES string of the molecule is CN(Cc1ccc(-c2nnc(-c3nc(N4C[C@@H]5C(C(=O)O)[C@@H]5C4)cnc3NOCOC(C)(C)C)o2)cc1)C(=O)OC(C)(C)C. The summed E-state index contributed by atoms with van der Waals surface area (Å²) in [4.78, 5) is 42.0. The minimum absolute atomic E-state index is 0.0387. The highest BCUT2D eigenvalue weighted by Crippen LogP contribution is 2.52. The molecule has 14 nitrogen and oxygen atoms in total. The van der Waals surface area contributed by atoms with Crippen LogP contribution in [0.25, 0.3) is 23.0 Å². The summed E-state index contributed by atoms with van der Waals surface area (Å²) in [6.07, 6.45) is 1.20. The summed E-state index contributed by atoms with van der Waals surface area (Å²) < 4.78 is 17.1. The number of aliphatic carboxylic acids is 1. The van der Waals surface area contributed by atoms with Crippen molar-refractivity contribution in [3.05, 3.63) is 36.0 Å². The lowest BCUT2D eigenvalue weighted by Crippen LogP contribution is -2.33. The van der Waals surface area contributed by atoms with E-state index in [1.165, 1.54) is 4.90 Å². The van der Waals surface area contributed by atoms with Gasteiger partial charge in [-0.05, 0) is 71.1 Å². The van der Waals surface area contributed by atoms with Gasteiger partial charge in [0, 0.05) is 32.2 Å². The van der Waals surface area contributed by atoms with Gasteiger partial charge in [0.2, 0.25) is 5.89 Å². The average Bonchev–Trinajstić information content (AvgIpc) is 3.25. The molecule has 3 heterocycles. The fourth-order valence-electron chi connectivity index (χ4n) is 5.01. The van der Waals surface area contributed by atoms with Crippen LogP contribution in [-0.4, -0.2) is 80.4 Å². The zero-order valence-corrected chi connectivity index (χ0v) is 26.0. The number of carboxylic acids is 1. The lowest BCUT2D eigenvalue weighted by atomic mass is 10.1. The van der Waals surface area contributed by atoms with Crippen molar-refractivity contribution in [2.24, 2.45) is 17.8 Å². The zero-order valence-electron chi connectivity index (χ0n) is 26.0. The Balaban J connectivity index is 1.32. The Hall–Kier alpha value is -4.30. The Morgan fingerprint density at radius 3 is 2.32 bits per heavy atom. The highest BCUT2D eigenvalue weighted by atomic mass is 16.8. The maximum absolute atomic E-state index is 12.3. The van der Waals surface area contributed by atoms with E-state index >= 15 is 0 Å². The van der Waals surface area contributed by atoms with Crippen LogP contribution in [0.1, 0.15) is 47.1 Å². The molecule has 1 aliphatic heterocycles. The van der Waals surface area contributed by atoms with Crippen LogP contribution in [-0.2, 0) is 25.7 Å². The predicted molar refractivity (Wildman–Crippen MR) is 159 cm³/mol. The number of fused-ring (bicyclic) bond motifs is 1. The smallest absolute Gasteiger partial charge is 0.410 e. The number of ether oxygens (including phenoxy) is 2. The van der Waals surface area contributed by atoms with Crippen molar-refractivity contribution in [3.8, 4) is 23.0 Å². The molecule has 14 heteroatoms. The second kappa shape index (κ2) is 12.0. The van der Waals surface area contributed by atoms with E-state index in [1.54, 1.807) is 13.2 Å². The summed E-state index contributed by atoms with van der Waals surface area (Å²) in [6, 6.07) is 7.41. The standard InChI is InChI=1S/C30H39N7O7/c1-29(2,3)41-16-42-35-24-23(32-21(12-31-24)37-14-19-20(15-37)22(19)27(38)39)26-34-33-25(43-26)18-10-8-17(9-11-18)13-36(7)28(40)44-30(4,5)6/h8-12,19-20,22H,13-16H2,1-7H3,(H,31,35)(H,38,39)/t19-,20+,22?. The molecule has 2 aromatic heterocycles. The first kappa shape index (κ1) is 31.1. The van der Waals surface area contributed by atoms with Gasteiger partial charge in [-0.25, -0.2) is 25.1 Å². The molecule has 44 heavy (non-hydrogen) atoms. The van der Waals surface area contributed by atoms with Gasteiger partial charge in [0.15, 0.2) is 18.3 Å². The number of nitrogens with zero attached hydrogens (tertiary/aromatic N) is 6. The minimum Gasteiger partial charge on any atom is -0.481 e. The molecule has 1 aliphatic carbocycles. The van der Waals surface area contributed by atoms with E-state index in [2.05, 4.69) is 20.7 Å². The number of carbonyl (C=O) groups is 2. The maximum atomic E-state index is 12.3. The number of hydrogen-bond donors (Lipinski definition) is 2. The van der Waals surface area contributed by atoms with E-state index in [0.717, 1.165) is 5.56 Å². The van der Waals surface area contributed by atoms with Crippen molar-refractivity contribution in [1.29, 1.82) is 0 Å². The first-order valence-corrected chi connectivity index (χ1v) is 14.4. The van der Waals surface area contributed by atoms with E-state index in [0.29, 0.717) is 31.0 Å². The van der Waals surface area contributed by atoms with Crippen molar-refractivity contribution in [1.82, 2.24) is 25.1 Å². The van der Waals surface area contributed by atoms with Crippen LogP contribution >= 0.6 is 0 Å². The molecule has 1 saturated heterocycles. The molecule has 0 spiro atoms. The van der Waals surface area contributed by atoms with Crippen molar-refractivity contribution in [2.45, 2.75) is 59.3 Å². The van der Waals surface area contributed by atoms with E-state index in [4.69, 9.17) is 23.7 Å². The molecule has 1 saturated carbocycles. The van der Waals surface area contributed by atoms with Gasteiger partial charge in [-0.1, -0.05) is 12.1 Å². The molecule has 2 N–H and O–H groups in total. The summed E-state index contributed by atoms with van der Waals surface area (Å²) in [7, 11) is 1.68. The van der Waals surface area contributed by atoms with Crippen molar-refractivity contribution >= 4 is 23.7 Å². The molecule has 1 unspecified atom stereocenters. The lowest BCUT2D eigenvalue weighted by Gasteiger charge is -2.24. The van der Waals surface area contributed by atoms with Crippen LogP contribution in [0.5, 0.6) is 0 Å². The Morgan fingerprint density at radius 1 is 1.05 bits per heavy atom. The highest BCUT2D eigenvalue weighted by molar-refractivity contribution is 5.76. The van der Waals surface area contributed by atoms with Crippen LogP contribution < -0.4 is 10.4 Å². The summed E-state index contributed by atoms with van der Waals surface area (Å²) in [5.74, 6) is 0.402. The Kier molecular flexibility index (Phi) is 8.49. The van der Waals surface area contributed by atoms with Gasteiger partial charge in [0.1, 0.15) is 11.4 Å². The van der Waals surface area contributed by atoms with Gasteiger partial charge in [-0.2, -0.15) is 0 Å². The van der Waals surface area contributed by atoms with Crippen molar-refractivity contribution in [3.63, 3.8) is 0 Å². The molecule has 236 valence electrons. The monoisotopic (exact) mass is 609 g/mol. The zero-order chi connectivity index (χ0) is 31.8. The molecule has 0 bridgehead atoms. The second-order valence-corrected chi connectivity index (χ2v) is 13.1. The summed E-state index contributed by atoms with van der Waals surface area (Å²) in [6.45, 7) is 12.7. The summed E-state index contributed by atoms with van der Waals surface area (Å²) >= 11 is 0. The minimum atomic E-state index is -0.748. The first-order valence-electron chi connectivity index (χ1n) is 14.4. The second-order valence-electron chi connectivity index (χ2n) is 13.1. The summed E-state index contributed by atoms with van der Waals surface area (Å²) in [5, 5.41) is 17.8. The van der Waals surface area contributed by atoms with Gasteiger partial charge in [0.05, 0.1) is 17.7 Å². The Morgan fingerprint density at radius 2 is 1.70 bits per heavy atom. The number of nitrogens with one attached hydrogen (secondary N) is 1. The molecule has 1 aromatic carbocycles. The molecule has 2 fully saturated rings. The van der Waals surface area contributed by atoms with Crippen LogP contribution in [0.4, 0.5) is 16.4 Å². The lowest BCUT2D eigenvalue weighted by molar-refractivity contribution is -0.139. The highest BCUT2D eigenvalue weighted by Gasteiger charge is 2.60. The number of carboxylic acid groups (broad SMARTS) is 1. The third-order valence-electron chi connectivity index (χ3n) is 7.24. The Bertz CT molecular complexity index is 1480. The van der Waals surface area contributed by atoms with Gasteiger partial charge < -0.3 is 28.8 Å². The quantitative estimate of drug-likeness (QED) is 0.188. The number of aromatic nitrogens is 4. The summed E-state index contributed by atoms with van der Waals surface area (Å²) in [5.41, 5.74) is 3.66. The van der Waals surface area contributed by atoms with E-state index in [1.807, 2.05) is 70.7 Å². The van der Waals surface area contributed by atoms with Crippen molar-refractivity contribution < 1.29 is 33.4 Å².